The standard InChI is InChI=1S/C12H20N4O/c1-12(5-2-3-6-14-12)11(17)13-8-10-16-9-4-7-15-16/h4,7,9,14H,2-3,5-6,8,10H2,1H3,(H,13,17). The van der Waals surface area contributed by atoms with Gasteiger partial charge in [0.15, 0.2) is 0 Å². The number of aromatic nitrogens is 2. The molecule has 1 unspecified atom stereocenters. The fraction of sp³-hybridized carbons (Fsp3) is 0.667. The first kappa shape index (κ1) is 12.1. The average molecular weight is 236 g/mol. The molecule has 0 aliphatic carbocycles. The Kier molecular flexibility index (Phi) is 3.78. The molecule has 0 bridgehead atoms. The van der Waals surface area contributed by atoms with Crippen LogP contribution in [0, 0.1) is 0 Å². The molecule has 1 aliphatic rings. The highest BCUT2D eigenvalue weighted by atomic mass is 16.2. The van der Waals surface area contributed by atoms with E-state index in [4.69, 9.17) is 0 Å². The normalized spacial score (nSPS) is 24.5. The van der Waals surface area contributed by atoms with E-state index in [2.05, 4.69) is 15.7 Å². The largest absolute Gasteiger partial charge is 0.353 e. The highest BCUT2D eigenvalue weighted by Crippen LogP contribution is 2.18. The highest BCUT2D eigenvalue weighted by Gasteiger charge is 2.33. The van der Waals surface area contributed by atoms with Crippen molar-refractivity contribution in [3.63, 3.8) is 0 Å². The molecule has 1 fully saturated rings. The first-order chi connectivity index (χ1) is 8.21. The highest BCUT2D eigenvalue weighted by molar-refractivity contribution is 5.85. The van der Waals surface area contributed by atoms with Gasteiger partial charge in [0.25, 0.3) is 0 Å². The smallest absolute Gasteiger partial charge is 0.240 e. The minimum absolute atomic E-state index is 0.101. The molecule has 2 rings (SSSR count). The first-order valence-corrected chi connectivity index (χ1v) is 6.21. The van der Waals surface area contributed by atoms with Crippen LogP contribution in [0.5, 0.6) is 0 Å². The second kappa shape index (κ2) is 5.31. The topological polar surface area (TPSA) is 59.0 Å². The summed E-state index contributed by atoms with van der Waals surface area (Å²) < 4.78 is 1.82. The second-order valence-corrected chi connectivity index (χ2v) is 4.74. The van der Waals surface area contributed by atoms with Crippen LogP contribution in [0.1, 0.15) is 26.2 Å². The third kappa shape index (κ3) is 3.06. The van der Waals surface area contributed by atoms with E-state index in [0.717, 1.165) is 32.4 Å². The van der Waals surface area contributed by atoms with Gasteiger partial charge in [0, 0.05) is 18.9 Å². The molecular weight excluding hydrogens is 216 g/mol. The zero-order valence-corrected chi connectivity index (χ0v) is 10.3. The van der Waals surface area contributed by atoms with Gasteiger partial charge in [-0.3, -0.25) is 9.48 Å². The van der Waals surface area contributed by atoms with Crippen LogP contribution >= 0.6 is 0 Å². The van der Waals surface area contributed by atoms with Gasteiger partial charge in [-0.05, 0) is 38.8 Å². The summed E-state index contributed by atoms with van der Waals surface area (Å²) in [5.41, 5.74) is -0.387. The molecule has 0 radical (unpaired) electrons. The van der Waals surface area contributed by atoms with Crippen molar-refractivity contribution in [2.45, 2.75) is 38.3 Å². The summed E-state index contributed by atoms with van der Waals surface area (Å²) in [6.45, 7) is 4.26. The summed E-state index contributed by atoms with van der Waals surface area (Å²) in [6, 6.07) is 1.88. The number of amides is 1. The monoisotopic (exact) mass is 236 g/mol. The number of nitrogens with one attached hydrogen (secondary N) is 2. The molecule has 2 heterocycles. The first-order valence-electron chi connectivity index (χ1n) is 6.21. The van der Waals surface area contributed by atoms with E-state index in [1.165, 1.54) is 0 Å². The molecule has 0 spiro atoms. The molecule has 1 aromatic heterocycles. The predicted molar refractivity (Wildman–Crippen MR) is 65.5 cm³/mol. The minimum atomic E-state index is -0.387. The maximum Gasteiger partial charge on any atom is 0.240 e. The van der Waals surface area contributed by atoms with Crippen LogP contribution in [0.15, 0.2) is 18.5 Å². The summed E-state index contributed by atoms with van der Waals surface area (Å²) in [5.74, 6) is 0.101. The number of hydrogen-bond acceptors (Lipinski definition) is 3. The Bertz CT molecular complexity index is 355. The summed E-state index contributed by atoms with van der Waals surface area (Å²) in [5, 5.41) is 10.4. The maximum absolute atomic E-state index is 12.0. The molecule has 17 heavy (non-hydrogen) atoms. The number of rotatable bonds is 4. The van der Waals surface area contributed by atoms with E-state index in [0.29, 0.717) is 6.54 Å². The van der Waals surface area contributed by atoms with Crippen LogP contribution in [0.3, 0.4) is 0 Å². The predicted octanol–water partition coefficient (Wildman–Crippen LogP) is 0.531. The van der Waals surface area contributed by atoms with E-state index in [-0.39, 0.29) is 11.4 Å². The van der Waals surface area contributed by atoms with Gasteiger partial charge in [0.1, 0.15) is 0 Å². The molecule has 1 amide bonds. The molecule has 5 nitrogen and oxygen atoms in total. The third-order valence-corrected chi connectivity index (χ3v) is 3.31. The lowest BCUT2D eigenvalue weighted by Crippen LogP contribution is -2.57. The number of nitrogens with zero attached hydrogens (tertiary/aromatic N) is 2. The minimum Gasteiger partial charge on any atom is -0.353 e. The summed E-state index contributed by atoms with van der Waals surface area (Å²) in [4.78, 5) is 12.0. The number of piperidine rings is 1. The SMILES string of the molecule is CC1(C(=O)NCCn2cccn2)CCCCN1. The van der Waals surface area contributed by atoms with Gasteiger partial charge < -0.3 is 10.6 Å². The molecule has 1 aromatic rings. The summed E-state index contributed by atoms with van der Waals surface area (Å²) in [7, 11) is 0. The Balaban J connectivity index is 1.76. The lowest BCUT2D eigenvalue weighted by molar-refractivity contribution is -0.127. The summed E-state index contributed by atoms with van der Waals surface area (Å²) in [6.07, 6.45) is 6.84. The number of carbonyl (C=O) groups excluding carboxylic acids is 1. The molecule has 1 aliphatic heterocycles. The van der Waals surface area contributed by atoms with Gasteiger partial charge >= 0.3 is 0 Å². The van der Waals surface area contributed by atoms with Crippen LogP contribution < -0.4 is 10.6 Å². The maximum atomic E-state index is 12.0. The van der Waals surface area contributed by atoms with Gasteiger partial charge in [-0.1, -0.05) is 0 Å². The fourth-order valence-electron chi connectivity index (χ4n) is 2.16. The second-order valence-electron chi connectivity index (χ2n) is 4.74. The molecule has 5 heteroatoms. The molecule has 1 atom stereocenters. The Hall–Kier alpha value is -1.36. The van der Waals surface area contributed by atoms with Gasteiger partial charge in [-0.25, -0.2) is 0 Å². The van der Waals surface area contributed by atoms with Crippen molar-refractivity contribution in [1.29, 1.82) is 0 Å². The summed E-state index contributed by atoms with van der Waals surface area (Å²) >= 11 is 0. The van der Waals surface area contributed by atoms with Crippen LogP contribution in [0.25, 0.3) is 0 Å². The molecule has 94 valence electrons. The van der Waals surface area contributed by atoms with Gasteiger partial charge in [0.05, 0.1) is 12.1 Å². The zero-order chi connectivity index (χ0) is 12.1. The Morgan fingerprint density at radius 1 is 1.59 bits per heavy atom. The quantitative estimate of drug-likeness (QED) is 0.802. The molecule has 1 saturated heterocycles. The van der Waals surface area contributed by atoms with Crippen molar-refractivity contribution in [3.05, 3.63) is 18.5 Å². The lowest BCUT2D eigenvalue weighted by Gasteiger charge is -2.33. The zero-order valence-electron chi connectivity index (χ0n) is 10.3. The van der Waals surface area contributed by atoms with Gasteiger partial charge in [-0.2, -0.15) is 5.10 Å². The lowest BCUT2D eigenvalue weighted by atomic mass is 9.90. The van der Waals surface area contributed by atoms with Crippen LogP contribution in [0.2, 0.25) is 0 Å². The van der Waals surface area contributed by atoms with E-state index >= 15 is 0 Å². The Labute approximate surface area is 102 Å². The van der Waals surface area contributed by atoms with Crippen LogP contribution in [-0.2, 0) is 11.3 Å². The van der Waals surface area contributed by atoms with E-state index in [1.807, 2.05) is 23.9 Å². The number of hydrogen-bond donors (Lipinski definition) is 2. The molecular formula is C12H20N4O. The van der Waals surface area contributed by atoms with Crippen molar-refractivity contribution < 1.29 is 4.79 Å². The molecule has 2 N–H and O–H groups in total. The van der Waals surface area contributed by atoms with Crippen LogP contribution in [-0.4, -0.2) is 34.3 Å². The van der Waals surface area contributed by atoms with Gasteiger partial charge in [-0.15, -0.1) is 0 Å². The average Bonchev–Trinajstić information content (AvgIpc) is 2.83. The van der Waals surface area contributed by atoms with Crippen molar-refractivity contribution in [3.8, 4) is 0 Å². The molecule has 0 saturated carbocycles. The van der Waals surface area contributed by atoms with Crippen molar-refractivity contribution in [2.75, 3.05) is 13.1 Å². The number of carbonyl (C=O) groups is 1. The fourth-order valence-corrected chi connectivity index (χ4v) is 2.16. The van der Waals surface area contributed by atoms with Gasteiger partial charge in [0.2, 0.25) is 5.91 Å². The Morgan fingerprint density at radius 3 is 3.12 bits per heavy atom. The Morgan fingerprint density at radius 2 is 2.47 bits per heavy atom. The van der Waals surface area contributed by atoms with Crippen molar-refractivity contribution in [1.82, 2.24) is 20.4 Å². The van der Waals surface area contributed by atoms with E-state index in [1.54, 1.807) is 6.20 Å². The van der Waals surface area contributed by atoms with Crippen molar-refractivity contribution >= 4 is 5.91 Å². The molecule has 0 aromatic carbocycles. The third-order valence-electron chi connectivity index (χ3n) is 3.31. The van der Waals surface area contributed by atoms with Crippen LogP contribution in [0.4, 0.5) is 0 Å². The van der Waals surface area contributed by atoms with Crippen molar-refractivity contribution in [2.24, 2.45) is 0 Å². The van der Waals surface area contributed by atoms with E-state index in [9.17, 15) is 4.79 Å². The van der Waals surface area contributed by atoms with E-state index < -0.39 is 0 Å².